The van der Waals surface area contributed by atoms with Gasteiger partial charge in [-0.1, -0.05) is 72.5 Å². The van der Waals surface area contributed by atoms with E-state index in [2.05, 4.69) is 61.5 Å². The van der Waals surface area contributed by atoms with Crippen molar-refractivity contribution in [2.24, 2.45) is 0 Å². The van der Waals surface area contributed by atoms with Crippen molar-refractivity contribution in [2.45, 2.75) is 26.2 Å². The van der Waals surface area contributed by atoms with E-state index in [0.717, 1.165) is 6.42 Å². The van der Waals surface area contributed by atoms with Crippen LogP contribution in [-0.4, -0.2) is 0 Å². The van der Waals surface area contributed by atoms with Crippen LogP contribution in [0.4, 0.5) is 0 Å². The molecule has 1 heteroatoms. The molecule has 0 saturated heterocycles. The summed E-state index contributed by atoms with van der Waals surface area (Å²) < 4.78 is 0. The molecule has 0 N–H and O–H groups in total. The van der Waals surface area contributed by atoms with Crippen molar-refractivity contribution in [3.8, 4) is 0 Å². The zero-order valence-electron chi connectivity index (χ0n) is 11.7. The first-order chi connectivity index (χ1) is 8.90. The topological polar surface area (TPSA) is 0 Å². The molecule has 0 bridgehead atoms. The number of aryl methyl sites for hydroxylation is 1. The summed E-state index contributed by atoms with van der Waals surface area (Å²) in [5.74, 6) is 0. The molecule has 0 spiro atoms. The predicted octanol–water partition coefficient (Wildman–Crippen LogP) is 2.14. The Morgan fingerprint density at radius 1 is 0.842 bits per heavy atom. The molecule has 0 aliphatic heterocycles. The maximum Gasteiger partial charge on any atom is 1.00 e. The average molecular weight is 240 g/mol. The monoisotopic (exact) mass is 240 g/mol. The normalized spacial score (nSPS) is 10.6. The summed E-state index contributed by atoms with van der Waals surface area (Å²) in [6, 6.07) is 20.7. The van der Waals surface area contributed by atoms with Gasteiger partial charge in [-0.15, -0.1) is 29.0 Å². The molecule has 0 amide bonds. The van der Waals surface area contributed by atoms with Gasteiger partial charge >= 0.3 is 18.9 Å². The van der Waals surface area contributed by atoms with Gasteiger partial charge < -0.3 is 0 Å². The Morgan fingerprint density at radius 2 is 1.37 bits per heavy atom. The Kier molecular flexibility index (Phi) is 4.69. The number of hydrogen-bond acceptors (Lipinski definition) is 0. The molecule has 0 atom stereocenters. The standard InChI is InChI=1S/C18H17.Li/c1-2-3-10-18-16-11-6-4-8-14(16)13-15-9-5-7-12-17(15)18;/h4-9,11-12H,2-3,10H2,1H3;/q-1;+1. The van der Waals surface area contributed by atoms with E-state index in [1.54, 1.807) is 0 Å². The van der Waals surface area contributed by atoms with Crippen molar-refractivity contribution in [1.82, 2.24) is 0 Å². The number of fused-ring (bicyclic) bond motifs is 2. The molecule has 3 aromatic rings. The molecule has 0 saturated carbocycles. The zero-order chi connectivity index (χ0) is 12.4. The molecule has 0 radical (unpaired) electrons. The minimum absolute atomic E-state index is 0. The van der Waals surface area contributed by atoms with E-state index in [-0.39, 0.29) is 18.9 Å². The van der Waals surface area contributed by atoms with Gasteiger partial charge in [0, 0.05) is 0 Å². The van der Waals surface area contributed by atoms with Crippen molar-refractivity contribution < 1.29 is 18.9 Å². The molecule has 0 fully saturated rings. The predicted molar refractivity (Wildman–Crippen MR) is 78.9 cm³/mol. The van der Waals surface area contributed by atoms with Crippen LogP contribution < -0.4 is 18.9 Å². The van der Waals surface area contributed by atoms with E-state index in [1.165, 1.54) is 39.9 Å². The van der Waals surface area contributed by atoms with Crippen LogP contribution in [-0.2, 0) is 6.42 Å². The zero-order valence-corrected chi connectivity index (χ0v) is 11.7. The molecular formula is C18H17Li. The van der Waals surface area contributed by atoms with Gasteiger partial charge in [0.2, 0.25) is 0 Å². The summed E-state index contributed by atoms with van der Waals surface area (Å²) in [5.41, 5.74) is 1.49. The third-order valence-corrected chi connectivity index (χ3v) is 3.55. The van der Waals surface area contributed by atoms with Gasteiger partial charge in [-0.2, -0.15) is 0 Å². The summed E-state index contributed by atoms with van der Waals surface area (Å²) in [6.07, 6.45) is 3.64. The van der Waals surface area contributed by atoms with Crippen molar-refractivity contribution in [2.75, 3.05) is 0 Å². The van der Waals surface area contributed by atoms with Gasteiger partial charge in [0.15, 0.2) is 0 Å². The van der Waals surface area contributed by atoms with Crippen LogP contribution in [0.3, 0.4) is 0 Å². The van der Waals surface area contributed by atoms with E-state index in [0.29, 0.717) is 0 Å². The average Bonchev–Trinajstić information content (AvgIpc) is 2.43. The Bertz CT molecular complexity index is 631. The van der Waals surface area contributed by atoms with Crippen molar-refractivity contribution in [3.05, 3.63) is 60.2 Å². The summed E-state index contributed by atoms with van der Waals surface area (Å²) in [4.78, 5) is 0. The van der Waals surface area contributed by atoms with E-state index in [9.17, 15) is 0 Å². The van der Waals surface area contributed by atoms with E-state index < -0.39 is 0 Å². The Balaban J connectivity index is 0.00000133. The summed E-state index contributed by atoms with van der Waals surface area (Å²) in [5, 5.41) is 5.21. The molecule has 3 aromatic carbocycles. The van der Waals surface area contributed by atoms with Gasteiger partial charge in [-0.25, -0.2) is 0 Å². The van der Waals surface area contributed by atoms with E-state index >= 15 is 0 Å². The van der Waals surface area contributed by atoms with Gasteiger partial charge in [-0.05, 0) is 6.42 Å². The minimum Gasteiger partial charge on any atom is -0.118 e. The molecule has 0 aliphatic carbocycles. The molecule has 0 aliphatic rings. The van der Waals surface area contributed by atoms with Gasteiger partial charge in [0.25, 0.3) is 0 Å². The third kappa shape index (κ3) is 2.71. The molecule has 0 aromatic heterocycles. The van der Waals surface area contributed by atoms with Gasteiger partial charge in [0.05, 0.1) is 0 Å². The fourth-order valence-corrected chi connectivity index (χ4v) is 2.62. The SMILES string of the molecule is CCCCc1c2ccccc2[c-]c2ccccc12.[Li+]. The Hall–Kier alpha value is -1.22. The quantitative estimate of drug-likeness (QED) is 0.374. The Morgan fingerprint density at radius 3 is 1.89 bits per heavy atom. The minimum atomic E-state index is 0. The van der Waals surface area contributed by atoms with Crippen LogP contribution in [0.1, 0.15) is 25.3 Å². The van der Waals surface area contributed by atoms with E-state index in [1.807, 2.05) is 0 Å². The maximum atomic E-state index is 3.53. The molecule has 0 nitrogen and oxygen atoms in total. The molecular weight excluding hydrogens is 223 g/mol. The molecule has 90 valence electrons. The summed E-state index contributed by atoms with van der Waals surface area (Å²) >= 11 is 0. The molecule has 19 heavy (non-hydrogen) atoms. The van der Waals surface area contributed by atoms with Gasteiger partial charge in [0.1, 0.15) is 0 Å². The molecule has 3 rings (SSSR count). The largest absolute Gasteiger partial charge is 1.00 e. The van der Waals surface area contributed by atoms with E-state index in [4.69, 9.17) is 0 Å². The van der Waals surface area contributed by atoms with Crippen molar-refractivity contribution in [3.63, 3.8) is 0 Å². The number of benzene rings is 3. The first kappa shape index (κ1) is 14.2. The first-order valence-corrected chi connectivity index (χ1v) is 6.72. The second-order valence-corrected chi connectivity index (χ2v) is 4.80. The maximum absolute atomic E-state index is 3.53. The molecule has 0 unspecified atom stereocenters. The smallest absolute Gasteiger partial charge is 0.118 e. The fraction of sp³-hybridized carbons (Fsp3) is 0.222. The van der Waals surface area contributed by atoms with Crippen LogP contribution >= 0.6 is 0 Å². The van der Waals surface area contributed by atoms with Crippen LogP contribution in [0.5, 0.6) is 0 Å². The summed E-state index contributed by atoms with van der Waals surface area (Å²) in [6.45, 7) is 2.25. The van der Waals surface area contributed by atoms with Crippen LogP contribution in [0.2, 0.25) is 0 Å². The van der Waals surface area contributed by atoms with Crippen molar-refractivity contribution in [1.29, 1.82) is 0 Å². The number of hydrogen-bond donors (Lipinski definition) is 0. The second kappa shape index (κ2) is 6.29. The fourth-order valence-electron chi connectivity index (χ4n) is 2.62. The van der Waals surface area contributed by atoms with Crippen LogP contribution in [0, 0.1) is 6.07 Å². The third-order valence-electron chi connectivity index (χ3n) is 3.55. The van der Waals surface area contributed by atoms with Crippen LogP contribution in [0.25, 0.3) is 21.5 Å². The Labute approximate surface area is 127 Å². The first-order valence-electron chi connectivity index (χ1n) is 6.72. The second-order valence-electron chi connectivity index (χ2n) is 4.80. The van der Waals surface area contributed by atoms with Gasteiger partial charge in [-0.3, -0.25) is 0 Å². The summed E-state index contributed by atoms with van der Waals surface area (Å²) in [7, 11) is 0. The van der Waals surface area contributed by atoms with Crippen molar-refractivity contribution >= 4 is 21.5 Å². The number of rotatable bonds is 3. The molecule has 0 heterocycles. The van der Waals surface area contributed by atoms with Crippen LogP contribution in [0.15, 0.2) is 48.5 Å². The number of unbranched alkanes of at least 4 members (excludes halogenated alkanes) is 1.